The summed E-state index contributed by atoms with van der Waals surface area (Å²) in [6, 6.07) is 8.44. The van der Waals surface area contributed by atoms with E-state index in [9.17, 15) is 12.8 Å². The van der Waals surface area contributed by atoms with Crippen LogP contribution in [0.1, 0.15) is 0 Å². The van der Waals surface area contributed by atoms with Crippen LogP contribution in [0.5, 0.6) is 0 Å². The van der Waals surface area contributed by atoms with Gasteiger partial charge < -0.3 is 0 Å². The molecule has 106 valence electrons. The molecule has 0 bridgehead atoms. The summed E-state index contributed by atoms with van der Waals surface area (Å²) in [4.78, 5) is -0.277. The Morgan fingerprint density at radius 3 is 2.25 bits per heavy atom. The normalized spacial score (nSPS) is 11.4. The van der Waals surface area contributed by atoms with Gasteiger partial charge in [0.1, 0.15) is 10.7 Å². The van der Waals surface area contributed by atoms with Crippen LogP contribution in [-0.4, -0.2) is 8.42 Å². The number of hydrogen-bond acceptors (Lipinski definition) is 2. The van der Waals surface area contributed by atoms with Crippen LogP contribution in [0.2, 0.25) is 10.0 Å². The third-order valence-electron chi connectivity index (χ3n) is 2.36. The minimum Gasteiger partial charge on any atom is -0.277 e. The summed E-state index contributed by atoms with van der Waals surface area (Å²) in [5.74, 6) is -0.677. The third-order valence-corrected chi connectivity index (χ3v) is 5.35. The number of nitrogens with one attached hydrogen (secondary N) is 1. The number of halogens is 4. The zero-order valence-electron chi connectivity index (χ0n) is 9.70. The van der Waals surface area contributed by atoms with Gasteiger partial charge in [-0.15, -0.1) is 0 Å². The van der Waals surface area contributed by atoms with Crippen molar-refractivity contribution in [1.29, 1.82) is 0 Å². The molecule has 1 N–H and O–H groups in total. The van der Waals surface area contributed by atoms with E-state index in [0.29, 0.717) is 3.57 Å². The molecule has 0 fully saturated rings. The number of sulfonamides is 1. The summed E-state index contributed by atoms with van der Waals surface area (Å²) in [6.45, 7) is 0. The first-order valence-corrected chi connectivity index (χ1v) is 8.55. The van der Waals surface area contributed by atoms with Crippen molar-refractivity contribution >= 4 is 61.5 Å². The highest BCUT2D eigenvalue weighted by Crippen LogP contribution is 2.31. The van der Waals surface area contributed by atoms with Gasteiger partial charge in [-0.25, -0.2) is 12.8 Å². The van der Waals surface area contributed by atoms with Gasteiger partial charge in [0.25, 0.3) is 10.0 Å². The van der Waals surface area contributed by atoms with Crippen molar-refractivity contribution in [3.8, 4) is 0 Å². The first kappa shape index (κ1) is 15.8. The van der Waals surface area contributed by atoms with Crippen molar-refractivity contribution in [2.24, 2.45) is 0 Å². The van der Waals surface area contributed by atoms with Gasteiger partial charge in [-0.3, -0.25) is 4.72 Å². The average molecular weight is 446 g/mol. The lowest BCUT2D eigenvalue weighted by Crippen LogP contribution is -2.15. The van der Waals surface area contributed by atoms with Crippen LogP contribution < -0.4 is 4.72 Å². The molecule has 0 radical (unpaired) electrons. The van der Waals surface area contributed by atoms with Gasteiger partial charge in [-0.2, -0.15) is 0 Å². The molecule has 0 aromatic heterocycles. The molecular weight excluding hydrogens is 439 g/mol. The summed E-state index contributed by atoms with van der Waals surface area (Å²) in [5, 5.41) is -0.0631. The minimum absolute atomic E-state index is 0.0316. The molecule has 2 aromatic rings. The second kappa shape index (κ2) is 6.05. The summed E-state index contributed by atoms with van der Waals surface area (Å²) >= 11 is 13.6. The first-order chi connectivity index (χ1) is 9.31. The molecule has 8 heteroatoms. The number of hydrogen-bond donors (Lipinski definition) is 1. The number of rotatable bonds is 3. The number of benzene rings is 2. The summed E-state index contributed by atoms with van der Waals surface area (Å²) < 4.78 is 41.0. The molecule has 0 amide bonds. The quantitative estimate of drug-likeness (QED) is 0.705. The smallest absolute Gasteiger partial charge is 0.264 e. The average Bonchev–Trinajstić information content (AvgIpc) is 2.32. The minimum atomic E-state index is -4.07. The van der Waals surface area contributed by atoms with Crippen LogP contribution in [0.25, 0.3) is 0 Å². The van der Waals surface area contributed by atoms with E-state index in [1.807, 2.05) is 22.6 Å². The third kappa shape index (κ3) is 3.36. The van der Waals surface area contributed by atoms with Crippen LogP contribution >= 0.6 is 45.8 Å². The fraction of sp³-hybridized carbons (Fsp3) is 0. The Morgan fingerprint density at radius 1 is 1.10 bits per heavy atom. The number of anilines is 1. The SMILES string of the molecule is O=S(=O)(Nc1ccc(I)cc1F)c1c(Cl)cccc1Cl. The predicted octanol–water partition coefficient (Wildman–Crippen LogP) is 4.54. The molecule has 0 aliphatic carbocycles. The molecule has 3 nitrogen and oxygen atoms in total. The maximum atomic E-state index is 13.7. The first-order valence-electron chi connectivity index (χ1n) is 5.23. The van der Waals surface area contributed by atoms with Crippen molar-refractivity contribution < 1.29 is 12.8 Å². The van der Waals surface area contributed by atoms with E-state index in [1.165, 1.54) is 30.3 Å². The molecule has 2 aromatic carbocycles. The lowest BCUT2D eigenvalue weighted by atomic mass is 10.3. The van der Waals surface area contributed by atoms with Crippen LogP contribution in [0.4, 0.5) is 10.1 Å². The molecule has 0 aliphatic rings. The van der Waals surface area contributed by atoms with Gasteiger partial charge in [0.2, 0.25) is 0 Å². The summed E-state index contributed by atoms with van der Waals surface area (Å²) in [5.41, 5.74) is -0.165. The van der Waals surface area contributed by atoms with Gasteiger partial charge >= 0.3 is 0 Å². The van der Waals surface area contributed by atoms with E-state index in [2.05, 4.69) is 4.72 Å². The Kier molecular flexibility index (Phi) is 4.78. The van der Waals surface area contributed by atoms with Crippen molar-refractivity contribution in [3.05, 3.63) is 55.8 Å². The van der Waals surface area contributed by atoms with E-state index < -0.39 is 15.8 Å². The van der Waals surface area contributed by atoms with Crippen LogP contribution in [-0.2, 0) is 10.0 Å². The highest BCUT2D eigenvalue weighted by atomic mass is 127. The molecule has 0 saturated heterocycles. The summed E-state index contributed by atoms with van der Waals surface area (Å²) in [6.07, 6.45) is 0. The van der Waals surface area contributed by atoms with Crippen molar-refractivity contribution in [3.63, 3.8) is 0 Å². The second-order valence-corrected chi connectivity index (χ2v) is 7.46. The van der Waals surface area contributed by atoms with Gasteiger partial charge in [-0.1, -0.05) is 29.3 Å². The zero-order chi connectivity index (χ0) is 14.9. The molecule has 0 atom stereocenters. The second-order valence-electron chi connectivity index (χ2n) is 3.78. The molecule has 20 heavy (non-hydrogen) atoms. The topological polar surface area (TPSA) is 46.2 Å². The van der Waals surface area contributed by atoms with Crippen LogP contribution in [0, 0.1) is 9.39 Å². The predicted molar refractivity (Wildman–Crippen MR) is 86.4 cm³/mol. The maximum Gasteiger partial charge on any atom is 0.264 e. The Labute approximate surface area is 139 Å². The van der Waals surface area contributed by atoms with Crippen molar-refractivity contribution in [2.75, 3.05) is 4.72 Å². The van der Waals surface area contributed by atoms with E-state index in [-0.39, 0.29) is 20.6 Å². The van der Waals surface area contributed by atoms with Crippen LogP contribution in [0.3, 0.4) is 0 Å². The molecule has 0 heterocycles. The molecule has 2 rings (SSSR count). The van der Waals surface area contributed by atoms with E-state index in [4.69, 9.17) is 23.2 Å². The molecular formula is C12H7Cl2FINO2S. The van der Waals surface area contributed by atoms with Gasteiger partial charge in [-0.05, 0) is 52.9 Å². The standard InChI is InChI=1S/C12H7Cl2FINO2S/c13-8-2-1-3-9(14)12(8)20(18,19)17-11-5-4-7(16)6-10(11)15/h1-6,17H. The Hall–Kier alpha value is -0.570. The van der Waals surface area contributed by atoms with Crippen LogP contribution in [0.15, 0.2) is 41.3 Å². The lowest BCUT2D eigenvalue weighted by molar-refractivity contribution is 0.598. The highest BCUT2D eigenvalue weighted by molar-refractivity contribution is 14.1. The van der Waals surface area contributed by atoms with Gasteiger partial charge in [0, 0.05) is 3.57 Å². The largest absolute Gasteiger partial charge is 0.277 e. The van der Waals surface area contributed by atoms with Crippen molar-refractivity contribution in [2.45, 2.75) is 4.90 Å². The molecule has 0 unspecified atom stereocenters. The van der Waals surface area contributed by atoms with Gasteiger partial charge in [0.15, 0.2) is 0 Å². The Morgan fingerprint density at radius 2 is 1.70 bits per heavy atom. The van der Waals surface area contributed by atoms with Gasteiger partial charge in [0.05, 0.1) is 15.7 Å². The molecule has 0 saturated carbocycles. The zero-order valence-corrected chi connectivity index (χ0v) is 14.2. The fourth-order valence-corrected chi connectivity index (χ4v) is 4.17. The Bertz CT molecular complexity index is 748. The summed E-state index contributed by atoms with van der Waals surface area (Å²) in [7, 11) is -4.07. The monoisotopic (exact) mass is 445 g/mol. The van der Waals surface area contributed by atoms with Crippen molar-refractivity contribution in [1.82, 2.24) is 0 Å². The fourth-order valence-electron chi connectivity index (χ4n) is 1.51. The highest BCUT2D eigenvalue weighted by Gasteiger charge is 2.22. The van der Waals surface area contributed by atoms with E-state index in [1.54, 1.807) is 6.07 Å². The molecule has 0 spiro atoms. The van der Waals surface area contributed by atoms with E-state index in [0.717, 1.165) is 0 Å². The Balaban J connectivity index is 2.46. The van der Waals surface area contributed by atoms with E-state index >= 15 is 0 Å². The maximum absolute atomic E-state index is 13.7. The lowest BCUT2D eigenvalue weighted by Gasteiger charge is -2.11. The molecule has 0 aliphatic heterocycles.